The molecule has 0 spiro atoms. The van der Waals surface area contributed by atoms with Crippen molar-refractivity contribution in [2.45, 2.75) is 20.8 Å². The molecule has 0 radical (unpaired) electrons. The van der Waals surface area contributed by atoms with Crippen molar-refractivity contribution in [2.75, 3.05) is 17.1 Å². The Bertz CT molecular complexity index is 1290. The minimum atomic E-state index is -1.58. The minimum Gasteiger partial charge on any atom is -0.272 e. The van der Waals surface area contributed by atoms with Crippen LogP contribution in [0, 0.1) is 17.3 Å². The number of nitrogens with zero attached hydrogens (tertiary/aromatic N) is 6. The van der Waals surface area contributed by atoms with Crippen LogP contribution < -0.4 is 10.0 Å². The van der Waals surface area contributed by atoms with Gasteiger partial charge in [-0.15, -0.1) is 0 Å². The molecule has 9 heteroatoms. The number of anilines is 2. The third-order valence-electron chi connectivity index (χ3n) is 6.73. The van der Waals surface area contributed by atoms with Gasteiger partial charge >= 0.3 is 0 Å². The van der Waals surface area contributed by atoms with E-state index in [9.17, 15) is 14.4 Å². The van der Waals surface area contributed by atoms with E-state index < -0.39 is 23.2 Å². The highest BCUT2D eigenvalue weighted by Crippen LogP contribution is 2.50. The van der Waals surface area contributed by atoms with E-state index in [4.69, 9.17) is 0 Å². The van der Waals surface area contributed by atoms with Gasteiger partial charge in [0.2, 0.25) is 0 Å². The number of amides is 3. The number of carbonyl (C=O) groups excluding carboxylic acids is 3. The largest absolute Gasteiger partial charge is 0.272 e. The van der Waals surface area contributed by atoms with Crippen LogP contribution in [0.15, 0.2) is 76.0 Å². The van der Waals surface area contributed by atoms with Crippen molar-refractivity contribution in [2.24, 2.45) is 32.6 Å². The molecule has 2 aromatic carbocycles. The highest BCUT2D eigenvalue weighted by atomic mass is 16.2. The zero-order chi connectivity index (χ0) is 24.2. The van der Waals surface area contributed by atoms with E-state index in [0.717, 1.165) is 0 Å². The second-order valence-electron chi connectivity index (χ2n) is 8.70. The molecular formula is C25H24N6O3. The molecule has 34 heavy (non-hydrogen) atoms. The van der Waals surface area contributed by atoms with Gasteiger partial charge in [0.15, 0.2) is 0 Å². The van der Waals surface area contributed by atoms with Gasteiger partial charge in [-0.1, -0.05) is 36.4 Å². The molecule has 0 aliphatic carbocycles. The predicted octanol–water partition coefficient (Wildman–Crippen LogP) is 2.90. The monoisotopic (exact) mass is 456 g/mol. The van der Waals surface area contributed by atoms with Crippen molar-refractivity contribution < 1.29 is 14.4 Å². The van der Waals surface area contributed by atoms with Gasteiger partial charge in [0.05, 0.1) is 17.1 Å². The molecule has 0 saturated carbocycles. The Kier molecular flexibility index (Phi) is 4.93. The molecule has 0 fully saturated rings. The number of carbonyl (C=O) groups is 3. The fourth-order valence-corrected chi connectivity index (χ4v) is 5.26. The van der Waals surface area contributed by atoms with Crippen molar-refractivity contribution in [1.29, 1.82) is 0 Å². The molecule has 172 valence electrons. The Morgan fingerprint density at radius 1 is 0.676 bits per heavy atom. The van der Waals surface area contributed by atoms with E-state index in [1.165, 1.54) is 15.0 Å². The molecule has 2 aromatic rings. The summed E-state index contributed by atoms with van der Waals surface area (Å²) in [5.41, 5.74) is 0.851. The van der Waals surface area contributed by atoms with Crippen LogP contribution in [-0.2, 0) is 14.4 Å². The minimum absolute atomic E-state index is 0.353. The second kappa shape index (κ2) is 7.72. The maximum atomic E-state index is 14.3. The summed E-state index contributed by atoms with van der Waals surface area (Å²) in [6, 6.07) is 18.0. The van der Waals surface area contributed by atoms with E-state index in [0.29, 0.717) is 28.5 Å². The summed E-state index contributed by atoms with van der Waals surface area (Å²) >= 11 is 0. The summed E-state index contributed by atoms with van der Waals surface area (Å²) in [5, 5.41) is 17.3. The maximum absolute atomic E-state index is 14.3. The fourth-order valence-electron chi connectivity index (χ4n) is 5.26. The molecule has 5 rings (SSSR count). The predicted molar refractivity (Wildman–Crippen MR) is 129 cm³/mol. The van der Waals surface area contributed by atoms with Crippen LogP contribution in [0.3, 0.4) is 0 Å². The first-order valence-corrected chi connectivity index (χ1v) is 11.0. The zero-order valence-electron chi connectivity index (χ0n) is 19.3. The van der Waals surface area contributed by atoms with Gasteiger partial charge in [0.1, 0.15) is 17.3 Å². The lowest BCUT2D eigenvalue weighted by atomic mass is 9.60. The van der Waals surface area contributed by atoms with E-state index in [-0.39, 0.29) is 11.8 Å². The SMILES string of the molecule is CC1=NN(c2ccccc2)C(=O)[C@H]1[C@@]1([C@H]2C(=O)N(C)N=C2C)C(=O)N(c2ccccc2)N=C1C. The third kappa shape index (κ3) is 2.86. The summed E-state index contributed by atoms with van der Waals surface area (Å²) < 4.78 is 0. The van der Waals surface area contributed by atoms with Crippen molar-refractivity contribution in [3.05, 3.63) is 60.7 Å². The summed E-state index contributed by atoms with van der Waals surface area (Å²) in [7, 11) is 1.55. The molecule has 0 unspecified atom stereocenters. The number of rotatable bonds is 4. The summed E-state index contributed by atoms with van der Waals surface area (Å²) in [6.07, 6.45) is 0. The van der Waals surface area contributed by atoms with E-state index in [2.05, 4.69) is 15.3 Å². The molecular weight excluding hydrogens is 432 g/mol. The highest BCUT2D eigenvalue weighted by Gasteiger charge is 2.68. The first-order valence-electron chi connectivity index (χ1n) is 11.0. The quantitative estimate of drug-likeness (QED) is 0.707. The summed E-state index contributed by atoms with van der Waals surface area (Å²) in [4.78, 5) is 41.6. The average molecular weight is 457 g/mol. The Balaban J connectivity index is 1.69. The van der Waals surface area contributed by atoms with Crippen molar-refractivity contribution >= 4 is 46.2 Å². The molecule has 0 N–H and O–H groups in total. The van der Waals surface area contributed by atoms with Gasteiger partial charge in [0.25, 0.3) is 17.7 Å². The van der Waals surface area contributed by atoms with Gasteiger partial charge in [-0.25, -0.2) is 10.0 Å². The van der Waals surface area contributed by atoms with Crippen LogP contribution in [0.25, 0.3) is 0 Å². The van der Waals surface area contributed by atoms with E-state index in [1.54, 1.807) is 64.2 Å². The van der Waals surface area contributed by atoms with Gasteiger partial charge in [-0.2, -0.15) is 20.3 Å². The van der Waals surface area contributed by atoms with Crippen LogP contribution in [0.2, 0.25) is 0 Å². The smallest absolute Gasteiger partial charge is 0.261 e. The van der Waals surface area contributed by atoms with E-state index >= 15 is 0 Å². The molecule has 9 nitrogen and oxygen atoms in total. The van der Waals surface area contributed by atoms with Crippen LogP contribution in [0.4, 0.5) is 11.4 Å². The molecule has 3 atom stereocenters. The van der Waals surface area contributed by atoms with Gasteiger partial charge < -0.3 is 0 Å². The topological polar surface area (TPSA) is 98.0 Å². The molecule has 0 aromatic heterocycles. The number of para-hydroxylation sites is 2. The number of benzene rings is 2. The second-order valence-corrected chi connectivity index (χ2v) is 8.70. The molecule has 0 bridgehead atoms. The lowest BCUT2D eigenvalue weighted by Gasteiger charge is -2.37. The lowest BCUT2D eigenvalue weighted by Crippen LogP contribution is -2.58. The normalized spacial score (nSPS) is 26.9. The van der Waals surface area contributed by atoms with Crippen molar-refractivity contribution in [1.82, 2.24) is 5.01 Å². The Morgan fingerprint density at radius 3 is 1.71 bits per heavy atom. The van der Waals surface area contributed by atoms with Crippen LogP contribution in [0.1, 0.15) is 20.8 Å². The van der Waals surface area contributed by atoms with Gasteiger partial charge in [-0.05, 0) is 45.0 Å². The first kappa shape index (κ1) is 21.7. The van der Waals surface area contributed by atoms with E-state index in [1.807, 2.05) is 24.3 Å². The summed E-state index contributed by atoms with van der Waals surface area (Å²) in [6.45, 7) is 5.13. The van der Waals surface area contributed by atoms with Crippen LogP contribution in [0.5, 0.6) is 0 Å². The standard InChI is InChI=1S/C25H24N6O3/c1-15-20(22(32)29(4)26-15)25(17(3)28-31(24(25)34)19-13-9-6-10-14-19)21-16(2)27-30(23(21)33)18-11-7-5-8-12-18/h5-14,20-21H,1-4H3/t20-,21+,25-/m1/s1. The van der Waals surface area contributed by atoms with Crippen LogP contribution >= 0.6 is 0 Å². The van der Waals surface area contributed by atoms with Crippen LogP contribution in [-0.4, -0.2) is 46.9 Å². The molecule has 3 heterocycles. The van der Waals surface area contributed by atoms with Crippen molar-refractivity contribution in [3.63, 3.8) is 0 Å². The average Bonchev–Trinajstić information content (AvgIpc) is 3.38. The van der Waals surface area contributed by atoms with Gasteiger partial charge in [-0.3, -0.25) is 14.4 Å². The highest BCUT2D eigenvalue weighted by molar-refractivity contribution is 6.32. The van der Waals surface area contributed by atoms with Gasteiger partial charge in [0, 0.05) is 18.5 Å². The Hall–Kier alpha value is -4.14. The molecule has 0 saturated heterocycles. The van der Waals surface area contributed by atoms with Crippen molar-refractivity contribution in [3.8, 4) is 0 Å². The number of hydrazone groups is 3. The zero-order valence-corrected chi connectivity index (χ0v) is 19.3. The molecule has 3 amide bonds. The first-order chi connectivity index (χ1) is 16.3. The Labute approximate surface area is 197 Å². The summed E-state index contributed by atoms with van der Waals surface area (Å²) in [5.74, 6) is -3.16. The molecule has 3 aliphatic heterocycles. The Morgan fingerprint density at radius 2 is 1.18 bits per heavy atom. The lowest BCUT2D eigenvalue weighted by molar-refractivity contribution is -0.140. The maximum Gasteiger partial charge on any atom is 0.261 e. The number of hydrogen-bond donors (Lipinski definition) is 0. The molecule has 3 aliphatic rings. The number of hydrogen-bond acceptors (Lipinski definition) is 6. The fraction of sp³-hybridized carbons (Fsp3) is 0.280. The third-order valence-corrected chi connectivity index (χ3v) is 6.73.